The van der Waals surface area contributed by atoms with E-state index in [1.54, 1.807) is 0 Å². The van der Waals surface area contributed by atoms with Crippen molar-refractivity contribution in [1.29, 1.82) is 0 Å². The topological polar surface area (TPSA) is 75.7 Å². The van der Waals surface area contributed by atoms with Crippen molar-refractivity contribution in [3.63, 3.8) is 0 Å². The maximum absolute atomic E-state index is 12.2. The Labute approximate surface area is 142 Å². The van der Waals surface area contributed by atoms with E-state index in [-0.39, 0.29) is 42.4 Å². The van der Waals surface area contributed by atoms with Crippen LogP contribution in [0.5, 0.6) is 0 Å². The fourth-order valence-corrected chi connectivity index (χ4v) is 3.37. The molecule has 0 aromatic carbocycles. The van der Waals surface area contributed by atoms with Gasteiger partial charge in [-0.25, -0.2) is 0 Å². The van der Waals surface area contributed by atoms with E-state index in [1.807, 2.05) is 13.8 Å². The van der Waals surface area contributed by atoms with Gasteiger partial charge in [-0.2, -0.15) is 0 Å². The molecule has 3 amide bonds. The van der Waals surface area contributed by atoms with Crippen molar-refractivity contribution in [1.82, 2.24) is 10.2 Å². The second kappa shape index (κ2) is 10.6. The average molecular weight is 344 g/mol. The zero-order chi connectivity index (χ0) is 17.2. The Bertz CT molecular complexity index is 415. The van der Waals surface area contributed by atoms with E-state index >= 15 is 0 Å². The van der Waals surface area contributed by atoms with Gasteiger partial charge in [0.05, 0.1) is 11.9 Å². The van der Waals surface area contributed by atoms with Crippen LogP contribution in [-0.2, 0) is 19.1 Å². The molecular weight excluding hydrogens is 316 g/mol. The number of hydrogen-bond acceptors (Lipinski definition) is 5. The number of likely N-dealkylation sites (tertiary alicyclic amines) is 1. The monoisotopic (exact) mass is 344 g/mol. The first-order valence-corrected chi connectivity index (χ1v) is 9.24. The minimum absolute atomic E-state index is 0.144. The summed E-state index contributed by atoms with van der Waals surface area (Å²) >= 11 is 1.51. The number of imide groups is 1. The van der Waals surface area contributed by atoms with Crippen LogP contribution in [0.3, 0.4) is 0 Å². The largest absolute Gasteiger partial charge is 0.380 e. The van der Waals surface area contributed by atoms with Crippen molar-refractivity contribution in [2.45, 2.75) is 57.0 Å². The van der Waals surface area contributed by atoms with E-state index in [1.165, 1.54) is 16.7 Å². The zero-order valence-electron chi connectivity index (χ0n) is 14.3. The summed E-state index contributed by atoms with van der Waals surface area (Å²) < 4.78 is 5.35. The van der Waals surface area contributed by atoms with Gasteiger partial charge < -0.3 is 10.1 Å². The maximum Gasteiger partial charge on any atom is 0.242 e. The van der Waals surface area contributed by atoms with Gasteiger partial charge in [-0.1, -0.05) is 27.2 Å². The number of amides is 3. The summed E-state index contributed by atoms with van der Waals surface area (Å²) in [7, 11) is 0. The molecule has 0 aromatic rings. The van der Waals surface area contributed by atoms with E-state index in [2.05, 4.69) is 12.2 Å². The van der Waals surface area contributed by atoms with Crippen LogP contribution in [-0.4, -0.2) is 59.4 Å². The number of nitrogens with one attached hydrogen (secondary N) is 1. The molecule has 1 atom stereocenters. The molecule has 0 bridgehead atoms. The van der Waals surface area contributed by atoms with Gasteiger partial charge in [-0.05, 0) is 11.7 Å². The third-order valence-electron chi connectivity index (χ3n) is 3.41. The molecule has 1 saturated heterocycles. The van der Waals surface area contributed by atoms with E-state index in [0.29, 0.717) is 25.0 Å². The van der Waals surface area contributed by atoms with Crippen LogP contribution in [0.4, 0.5) is 0 Å². The number of carbonyl (C=O) groups excluding carboxylic acids is 3. The predicted molar refractivity (Wildman–Crippen MR) is 91.2 cm³/mol. The number of ether oxygens (including phenoxy) is 1. The molecule has 23 heavy (non-hydrogen) atoms. The smallest absolute Gasteiger partial charge is 0.242 e. The first kappa shape index (κ1) is 20.0. The number of carbonyl (C=O) groups is 3. The van der Waals surface area contributed by atoms with Crippen LogP contribution in [0, 0.1) is 0 Å². The molecule has 6 nitrogen and oxygen atoms in total. The highest BCUT2D eigenvalue weighted by Crippen LogP contribution is 2.28. The lowest BCUT2D eigenvalue weighted by molar-refractivity contribution is -0.138. The molecule has 1 heterocycles. The second-order valence-corrected chi connectivity index (χ2v) is 7.61. The van der Waals surface area contributed by atoms with Gasteiger partial charge in [0, 0.05) is 32.5 Å². The van der Waals surface area contributed by atoms with Crippen molar-refractivity contribution in [3.8, 4) is 0 Å². The number of nitrogens with zero attached hydrogens (tertiary/aromatic N) is 1. The number of hydrogen-bond donors (Lipinski definition) is 1. The number of rotatable bonds is 11. The van der Waals surface area contributed by atoms with Gasteiger partial charge in [0.15, 0.2) is 0 Å². The van der Waals surface area contributed by atoms with Crippen LogP contribution >= 0.6 is 11.8 Å². The zero-order valence-corrected chi connectivity index (χ0v) is 15.1. The molecular formula is C16H28N2O4S. The highest BCUT2D eigenvalue weighted by Gasteiger charge is 2.39. The molecule has 1 N–H and O–H groups in total. The van der Waals surface area contributed by atoms with E-state index in [9.17, 15) is 14.4 Å². The molecule has 0 saturated carbocycles. The van der Waals surface area contributed by atoms with Crippen molar-refractivity contribution in [3.05, 3.63) is 0 Å². The quantitative estimate of drug-likeness (QED) is 0.455. The first-order valence-electron chi connectivity index (χ1n) is 8.29. The first-order chi connectivity index (χ1) is 11.0. The Morgan fingerprint density at radius 2 is 2.13 bits per heavy atom. The molecule has 0 aliphatic carbocycles. The summed E-state index contributed by atoms with van der Waals surface area (Å²) in [5.41, 5.74) is 0. The molecule has 1 unspecified atom stereocenters. The lowest BCUT2D eigenvalue weighted by Crippen LogP contribution is -2.36. The van der Waals surface area contributed by atoms with E-state index < -0.39 is 0 Å². The fraction of sp³-hybridized carbons (Fsp3) is 0.812. The molecule has 1 rings (SSSR count). The Morgan fingerprint density at radius 3 is 2.78 bits per heavy atom. The third kappa shape index (κ3) is 7.35. The summed E-state index contributed by atoms with van der Waals surface area (Å²) in [4.78, 5) is 37.0. The lowest BCUT2D eigenvalue weighted by Gasteiger charge is -2.15. The lowest BCUT2D eigenvalue weighted by atomic mass is 10.3. The molecule has 1 aliphatic heterocycles. The van der Waals surface area contributed by atoms with Gasteiger partial charge >= 0.3 is 0 Å². The maximum atomic E-state index is 12.2. The van der Waals surface area contributed by atoms with Crippen LogP contribution in [0.25, 0.3) is 0 Å². The highest BCUT2D eigenvalue weighted by molar-refractivity contribution is 8.01. The molecule has 132 valence electrons. The van der Waals surface area contributed by atoms with Gasteiger partial charge in [0.25, 0.3) is 0 Å². The molecule has 0 spiro atoms. The predicted octanol–water partition coefficient (Wildman–Crippen LogP) is 1.58. The molecule has 1 fully saturated rings. The van der Waals surface area contributed by atoms with Gasteiger partial charge in [0.2, 0.25) is 17.7 Å². The summed E-state index contributed by atoms with van der Waals surface area (Å²) in [6, 6.07) is 0. The Morgan fingerprint density at radius 1 is 1.39 bits per heavy atom. The molecule has 1 aliphatic rings. The van der Waals surface area contributed by atoms with Crippen molar-refractivity contribution >= 4 is 29.5 Å². The normalized spacial score (nSPS) is 18.1. The molecule has 0 aromatic heterocycles. The summed E-state index contributed by atoms with van der Waals surface area (Å²) in [5.74, 6) is -0.502. The summed E-state index contributed by atoms with van der Waals surface area (Å²) in [6.45, 7) is 7.91. The Kier molecular flexibility index (Phi) is 9.24. The molecule has 0 radical (unpaired) electrons. The summed E-state index contributed by atoms with van der Waals surface area (Å²) in [6.07, 6.45) is 2.49. The fourth-order valence-electron chi connectivity index (χ4n) is 2.24. The van der Waals surface area contributed by atoms with E-state index in [4.69, 9.17) is 4.74 Å². The summed E-state index contributed by atoms with van der Waals surface area (Å²) in [5, 5.41) is 2.74. The minimum Gasteiger partial charge on any atom is -0.380 e. The van der Waals surface area contributed by atoms with Gasteiger partial charge in [0.1, 0.15) is 0 Å². The third-order valence-corrected chi connectivity index (χ3v) is 4.65. The number of thioether (sulfide) groups is 1. The average Bonchev–Trinajstić information content (AvgIpc) is 2.74. The Balaban J connectivity index is 2.22. The standard InChI is InChI=1S/C16H28N2O4S/c1-4-5-9-22-10-7-17-14(19)6-8-18-15(20)11-13(16(18)21)23-12(2)3/h12-13H,4-11H2,1-3H3,(H,17,19). The SMILES string of the molecule is CCCCOCCNC(=O)CCN1C(=O)CC(SC(C)C)C1=O. The van der Waals surface area contributed by atoms with Crippen molar-refractivity contribution < 1.29 is 19.1 Å². The van der Waals surface area contributed by atoms with Crippen molar-refractivity contribution in [2.24, 2.45) is 0 Å². The van der Waals surface area contributed by atoms with E-state index in [0.717, 1.165) is 12.8 Å². The van der Waals surface area contributed by atoms with Crippen LogP contribution in [0.1, 0.15) is 46.5 Å². The van der Waals surface area contributed by atoms with Gasteiger partial charge in [-0.3, -0.25) is 19.3 Å². The second-order valence-electron chi connectivity index (χ2n) is 5.83. The minimum atomic E-state index is -0.294. The van der Waals surface area contributed by atoms with Gasteiger partial charge in [-0.15, -0.1) is 11.8 Å². The number of unbranched alkanes of at least 4 members (excludes halogenated alkanes) is 1. The van der Waals surface area contributed by atoms with Crippen LogP contribution in [0.15, 0.2) is 0 Å². The van der Waals surface area contributed by atoms with Crippen LogP contribution in [0.2, 0.25) is 0 Å². The Hall–Kier alpha value is -1.08. The van der Waals surface area contributed by atoms with Crippen LogP contribution < -0.4 is 5.32 Å². The van der Waals surface area contributed by atoms with Crippen molar-refractivity contribution in [2.75, 3.05) is 26.3 Å². The highest BCUT2D eigenvalue weighted by atomic mass is 32.2. The molecule has 7 heteroatoms.